The molecule has 6 nitrogen and oxygen atoms in total. The lowest BCUT2D eigenvalue weighted by atomic mass is 10.1. The highest BCUT2D eigenvalue weighted by molar-refractivity contribution is 6.31. The van der Waals surface area contributed by atoms with E-state index >= 15 is 0 Å². The normalized spacial score (nSPS) is 16.6. The summed E-state index contributed by atoms with van der Waals surface area (Å²) in [6, 6.07) is 14.7. The van der Waals surface area contributed by atoms with Crippen molar-refractivity contribution in [3.63, 3.8) is 0 Å². The number of rotatable bonds is 3. The van der Waals surface area contributed by atoms with Gasteiger partial charge < -0.3 is 14.6 Å². The quantitative estimate of drug-likeness (QED) is 0.764. The number of oxazole rings is 1. The number of likely N-dealkylation sites (tertiary alicyclic amines) is 1. The molecule has 2 heterocycles. The fraction of sp³-hybridized carbons (Fsp3) is 0.211. The van der Waals surface area contributed by atoms with Gasteiger partial charge in [-0.05, 0) is 30.7 Å². The Bertz CT molecular complexity index is 1020. The number of anilines is 1. The summed E-state index contributed by atoms with van der Waals surface area (Å²) in [4.78, 5) is 18.8. The van der Waals surface area contributed by atoms with Gasteiger partial charge in [0.15, 0.2) is 5.58 Å². The SMILES string of the molecule is N#Cc1ccccc1C(=O)N1CC[C@@H](Nc2nc3ccc(Cl)cc3o2)C1. The van der Waals surface area contributed by atoms with Crippen LogP contribution in [0, 0.1) is 11.3 Å². The molecular formula is C19H15ClN4O2. The minimum absolute atomic E-state index is 0.0386. The molecule has 1 aliphatic heterocycles. The molecule has 1 atom stereocenters. The first-order valence-electron chi connectivity index (χ1n) is 8.25. The smallest absolute Gasteiger partial charge is 0.295 e. The molecule has 1 N–H and O–H groups in total. The van der Waals surface area contributed by atoms with Crippen LogP contribution in [0.4, 0.5) is 6.01 Å². The van der Waals surface area contributed by atoms with Gasteiger partial charge in [-0.1, -0.05) is 23.7 Å². The number of halogens is 1. The molecule has 0 aliphatic carbocycles. The first-order chi connectivity index (χ1) is 12.6. The number of nitrogens with one attached hydrogen (secondary N) is 1. The second kappa shape index (κ2) is 6.70. The van der Waals surface area contributed by atoms with Crippen LogP contribution in [0.15, 0.2) is 46.9 Å². The van der Waals surface area contributed by atoms with Crippen LogP contribution in [-0.2, 0) is 0 Å². The van der Waals surface area contributed by atoms with Crippen molar-refractivity contribution >= 4 is 34.6 Å². The van der Waals surface area contributed by atoms with E-state index in [1.807, 2.05) is 0 Å². The first kappa shape index (κ1) is 16.4. The standard InChI is InChI=1S/C19H15ClN4O2/c20-13-5-6-16-17(9-13)26-19(23-16)22-14-7-8-24(11-14)18(25)15-4-2-1-3-12(15)10-21/h1-6,9,14H,7-8,11H2,(H,22,23)/t14-/m1/s1. The zero-order valence-corrected chi connectivity index (χ0v) is 14.5. The highest BCUT2D eigenvalue weighted by Gasteiger charge is 2.28. The van der Waals surface area contributed by atoms with Gasteiger partial charge in [-0.15, -0.1) is 0 Å². The Morgan fingerprint density at radius 1 is 1.35 bits per heavy atom. The maximum Gasteiger partial charge on any atom is 0.295 e. The van der Waals surface area contributed by atoms with Gasteiger partial charge in [-0.3, -0.25) is 4.79 Å². The first-order valence-corrected chi connectivity index (χ1v) is 8.63. The summed E-state index contributed by atoms with van der Waals surface area (Å²) in [6.45, 7) is 1.14. The average Bonchev–Trinajstić information content (AvgIpc) is 3.27. The van der Waals surface area contributed by atoms with Crippen molar-refractivity contribution in [2.75, 3.05) is 18.4 Å². The third-order valence-electron chi connectivity index (χ3n) is 4.43. The number of amides is 1. The largest absolute Gasteiger partial charge is 0.423 e. The summed E-state index contributed by atoms with van der Waals surface area (Å²) < 4.78 is 5.67. The number of hydrogen-bond acceptors (Lipinski definition) is 5. The van der Waals surface area contributed by atoms with E-state index in [0.29, 0.717) is 40.8 Å². The molecule has 2 aromatic carbocycles. The molecule has 4 rings (SSSR count). The highest BCUT2D eigenvalue weighted by atomic mass is 35.5. The molecule has 0 unspecified atom stereocenters. The van der Waals surface area contributed by atoms with Crippen LogP contribution >= 0.6 is 11.6 Å². The Kier molecular flexibility index (Phi) is 4.23. The lowest BCUT2D eigenvalue weighted by molar-refractivity contribution is 0.0791. The van der Waals surface area contributed by atoms with Gasteiger partial charge in [-0.25, -0.2) is 0 Å². The summed E-state index contributed by atoms with van der Waals surface area (Å²) in [5.74, 6) is -0.129. The summed E-state index contributed by atoms with van der Waals surface area (Å²) in [5.41, 5.74) is 2.18. The van der Waals surface area contributed by atoms with Crippen molar-refractivity contribution in [3.8, 4) is 6.07 Å². The minimum Gasteiger partial charge on any atom is -0.423 e. The predicted octanol–water partition coefficient (Wildman–Crippen LogP) is 3.68. The van der Waals surface area contributed by atoms with Crippen LogP contribution in [-0.4, -0.2) is 34.9 Å². The molecular weight excluding hydrogens is 352 g/mol. The number of carbonyl (C=O) groups excluding carboxylic acids is 1. The van der Waals surface area contributed by atoms with Crippen molar-refractivity contribution in [3.05, 3.63) is 58.6 Å². The molecule has 26 heavy (non-hydrogen) atoms. The molecule has 130 valence electrons. The second-order valence-corrected chi connectivity index (χ2v) is 6.61. The minimum atomic E-state index is -0.129. The molecule has 1 aliphatic rings. The zero-order valence-electron chi connectivity index (χ0n) is 13.8. The average molecular weight is 367 g/mol. The molecule has 0 spiro atoms. The maximum absolute atomic E-state index is 12.7. The third kappa shape index (κ3) is 3.09. The lowest BCUT2D eigenvalue weighted by Gasteiger charge is -2.17. The Balaban J connectivity index is 1.46. The number of nitrogens with zero attached hydrogens (tertiary/aromatic N) is 3. The van der Waals surface area contributed by atoms with Crippen molar-refractivity contribution in [1.82, 2.24) is 9.88 Å². The predicted molar refractivity (Wildman–Crippen MR) is 98.1 cm³/mol. The molecule has 1 fully saturated rings. The Morgan fingerprint density at radius 3 is 3.04 bits per heavy atom. The van der Waals surface area contributed by atoms with Crippen LogP contribution in [0.3, 0.4) is 0 Å². The van der Waals surface area contributed by atoms with E-state index in [1.165, 1.54) is 0 Å². The maximum atomic E-state index is 12.7. The number of benzene rings is 2. The van der Waals surface area contributed by atoms with Gasteiger partial charge in [0.2, 0.25) is 0 Å². The molecule has 0 saturated carbocycles. The van der Waals surface area contributed by atoms with Gasteiger partial charge in [0.05, 0.1) is 17.2 Å². The van der Waals surface area contributed by atoms with Crippen molar-refractivity contribution in [2.45, 2.75) is 12.5 Å². The van der Waals surface area contributed by atoms with E-state index < -0.39 is 0 Å². The fourth-order valence-corrected chi connectivity index (χ4v) is 3.30. The molecule has 1 aromatic heterocycles. The van der Waals surface area contributed by atoms with Gasteiger partial charge >= 0.3 is 0 Å². The van der Waals surface area contributed by atoms with E-state index in [-0.39, 0.29) is 11.9 Å². The van der Waals surface area contributed by atoms with Crippen molar-refractivity contribution in [1.29, 1.82) is 5.26 Å². The Morgan fingerprint density at radius 2 is 2.19 bits per heavy atom. The molecule has 0 radical (unpaired) electrons. The van der Waals surface area contributed by atoms with Crippen LogP contribution in [0.2, 0.25) is 5.02 Å². The van der Waals surface area contributed by atoms with E-state index in [9.17, 15) is 10.1 Å². The fourth-order valence-electron chi connectivity index (χ4n) is 3.13. The Hall–Kier alpha value is -3.04. The van der Waals surface area contributed by atoms with Gasteiger partial charge in [0.1, 0.15) is 5.52 Å². The van der Waals surface area contributed by atoms with Gasteiger partial charge in [0.25, 0.3) is 11.9 Å². The Labute approximate surface area is 155 Å². The van der Waals surface area contributed by atoms with Crippen LogP contribution in [0.5, 0.6) is 0 Å². The summed E-state index contributed by atoms with van der Waals surface area (Å²) >= 11 is 5.96. The molecule has 7 heteroatoms. The van der Waals surface area contributed by atoms with E-state index in [1.54, 1.807) is 47.4 Å². The number of nitriles is 1. The summed E-state index contributed by atoms with van der Waals surface area (Å²) in [6.07, 6.45) is 0.778. The lowest BCUT2D eigenvalue weighted by Crippen LogP contribution is -2.32. The topological polar surface area (TPSA) is 82.2 Å². The summed E-state index contributed by atoms with van der Waals surface area (Å²) in [7, 11) is 0. The summed E-state index contributed by atoms with van der Waals surface area (Å²) in [5, 5.41) is 13.0. The van der Waals surface area contributed by atoms with Gasteiger partial charge in [0, 0.05) is 30.2 Å². The van der Waals surface area contributed by atoms with Crippen LogP contribution in [0.25, 0.3) is 11.1 Å². The van der Waals surface area contributed by atoms with E-state index in [2.05, 4.69) is 16.4 Å². The van der Waals surface area contributed by atoms with Gasteiger partial charge in [-0.2, -0.15) is 10.2 Å². The molecule has 0 bridgehead atoms. The number of hydrogen-bond donors (Lipinski definition) is 1. The van der Waals surface area contributed by atoms with E-state index in [0.717, 1.165) is 11.9 Å². The highest BCUT2D eigenvalue weighted by Crippen LogP contribution is 2.24. The van der Waals surface area contributed by atoms with Crippen LogP contribution in [0.1, 0.15) is 22.3 Å². The monoisotopic (exact) mass is 366 g/mol. The van der Waals surface area contributed by atoms with Crippen molar-refractivity contribution in [2.24, 2.45) is 0 Å². The molecule has 1 amide bonds. The number of fused-ring (bicyclic) bond motifs is 1. The van der Waals surface area contributed by atoms with Crippen molar-refractivity contribution < 1.29 is 9.21 Å². The number of aromatic nitrogens is 1. The van der Waals surface area contributed by atoms with Crippen LogP contribution < -0.4 is 5.32 Å². The van der Waals surface area contributed by atoms with E-state index in [4.69, 9.17) is 16.0 Å². The molecule has 1 saturated heterocycles. The zero-order chi connectivity index (χ0) is 18.1. The third-order valence-corrected chi connectivity index (χ3v) is 4.67. The second-order valence-electron chi connectivity index (χ2n) is 6.17. The number of carbonyl (C=O) groups is 1. The molecule has 3 aromatic rings.